The van der Waals surface area contributed by atoms with E-state index in [2.05, 4.69) is 17.8 Å². The fourth-order valence-electron chi connectivity index (χ4n) is 0.580. The molecular formula is C8H6. The van der Waals surface area contributed by atoms with Crippen LogP contribution in [0.4, 0.5) is 0 Å². The smallest absolute Gasteiger partial charge is 0.0847 e. The molecule has 0 N–H and O–H groups in total. The average molecular weight is 102 g/mol. The largest absolute Gasteiger partial charge is 0.119 e. The Hall–Kier alpha value is -1.14. The van der Waals surface area contributed by atoms with E-state index in [0.29, 0.717) is 0 Å². The monoisotopic (exact) mass is 102 g/mol. The van der Waals surface area contributed by atoms with Gasteiger partial charge in [-0.3, -0.25) is 0 Å². The van der Waals surface area contributed by atoms with E-state index in [-0.39, 0.29) is 5.92 Å². The minimum Gasteiger partial charge on any atom is -0.119 e. The number of hydrogen-bond acceptors (Lipinski definition) is 0. The molecule has 1 atom stereocenters. The Morgan fingerprint density at radius 2 is 2.62 bits per heavy atom. The fourth-order valence-corrected chi connectivity index (χ4v) is 0.580. The van der Waals surface area contributed by atoms with Crippen molar-refractivity contribution in [2.45, 2.75) is 6.42 Å². The van der Waals surface area contributed by atoms with Crippen molar-refractivity contribution < 1.29 is 0 Å². The summed E-state index contributed by atoms with van der Waals surface area (Å²) in [6.45, 7) is 0. The van der Waals surface area contributed by atoms with Crippen LogP contribution in [0, 0.1) is 30.1 Å². The molecule has 0 aromatic carbocycles. The minimum absolute atomic E-state index is 0.167. The molecule has 0 aromatic rings. The van der Waals surface area contributed by atoms with E-state index < -0.39 is 0 Å². The van der Waals surface area contributed by atoms with E-state index >= 15 is 0 Å². The summed E-state index contributed by atoms with van der Waals surface area (Å²) in [5.41, 5.74) is 0. The lowest BCUT2D eigenvalue weighted by molar-refractivity contribution is 0.890. The Bertz CT molecular complexity index is 192. The second-order valence-electron chi connectivity index (χ2n) is 1.65. The molecule has 0 nitrogen and oxygen atoms in total. The molecular weight excluding hydrogens is 96.1 g/mol. The molecule has 0 heteroatoms. The maximum Gasteiger partial charge on any atom is 0.0847 e. The summed E-state index contributed by atoms with van der Waals surface area (Å²) in [4.78, 5) is 0. The van der Waals surface area contributed by atoms with Gasteiger partial charge in [-0.25, -0.2) is 0 Å². The minimum atomic E-state index is 0.167. The number of terminal acetylenes is 1. The standard InChI is InChI=1S/C8H6/c1-2-8-6-4-3-5-7-8/h1,3-4,8H,6H2/t8-/m1/s1. The highest BCUT2D eigenvalue weighted by Crippen LogP contribution is 2.03. The van der Waals surface area contributed by atoms with Crippen LogP contribution in [0.5, 0.6) is 0 Å². The van der Waals surface area contributed by atoms with Crippen molar-refractivity contribution in [3.8, 4) is 24.2 Å². The van der Waals surface area contributed by atoms with E-state index in [1.165, 1.54) is 0 Å². The molecule has 1 rings (SSSR count). The van der Waals surface area contributed by atoms with Gasteiger partial charge in [-0.2, -0.15) is 0 Å². The van der Waals surface area contributed by atoms with Crippen LogP contribution >= 0.6 is 0 Å². The SMILES string of the molecule is C#C[C@H]1C#CC=CC1. The first-order valence-corrected chi connectivity index (χ1v) is 2.55. The summed E-state index contributed by atoms with van der Waals surface area (Å²) >= 11 is 0. The van der Waals surface area contributed by atoms with Gasteiger partial charge < -0.3 is 0 Å². The van der Waals surface area contributed by atoms with Crippen molar-refractivity contribution >= 4 is 0 Å². The van der Waals surface area contributed by atoms with Crippen LogP contribution in [-0.4, -0.2) is 0 Å². The van der Waals surface area contributed by atoms with Gasteiger partial charge in [0.05, 0.1) is 5.92 Å². The summed E-state index contributed by atoms with van der Waals surface area (Å²) in [6, 6.07) is 0. The molecule has 0 aliphatic heterocycles. The van der Waals surface area contributed by atoms with Gasteiger partial charge in [0.15, 0.2) is 0 Å². The Labute approximate surface area is 49.6 Å². The first kappa shape index (κ1) is 5.01. The molecule has 1 aliphatic rings. The molecule has 0 bridgehead atoms. The molecule has 0 fully saturated rings. The average Bonchev–Trinajstić information content (AvgIpc) is 1.90. The van der Waals surface area contributed by atoms with E-state index in [4.69, 9.17) is 6.42 Å². The zero-order valence-electron chi connectivity index (χ0n) is 4.52. The Balaban J connectivity index is 2.64. The maximum absolute atomic E-state index is 5.12. The molecule has 0 saturated carbocycles. The van der Waals surface area contributed by atoms with Crippen LogP contribution in [0.2, 0.25) is 0 Å². The van der Waals surface area contributed by atoms with Crippen molar-refractivity contribution in [1.29, 1.82) is 0 Å². The molecule has 38 valence electrons. The van der Waals surface area contributed by atoms with Crippen molar-refractivity contribution in [2.75, 3.05) is 0 Å². The Kier molecular flexibility index (Phi) is 1.40. The number of hydrogen-bond donors (Lipinski definition) is 0. The predicted octanol–water partition coefficient (Wildman–Crippen LogP) is 1.20. The zero-order valence-corrected chi connectivity index (χ0v) is 4.52. The van der Waals surface area contributed by atoms with Crippen LogP contribution < -0.4 is 0 Å². The van der Waals surface area contributed by atoms with Gasteiger partial charge >= 0.3 is 0 Å². The first-order valence-electron chi connectivity index (χ1n) is 2.55. The Morgan fingerprint density at radius 3 is 3.00 bits per heavy atom. The van der Waals surface area contributed by atoms with Gasteiger partial charge in [-0.15, -0.1) is 6.42 Å². The Morgan fingerprint density at radius 1 is 1.75 bits per heavy atom. The van der Waals surface area contributed by atoms with E-state index in [1.807, 2.05) is 12.2 Å². The topological polar surface area (TPSA) is 0 Å². The lowest BCUT2D eigenvalue weighted by Gasteiger charge is -1.97. The van der Waals surface area contributed by atoms with Crippen LogP contribution in [0.3, 0.4) is 0 Å². The second kappa shape index (κ2) is 2.24. The zero-order chi connectivity index (χ0) is 5.82. The molecule has 0 aromatic heterocycles. The van der Waals surface area contributed by atoms with Crippen molar-refractivity contribution in [2.24, 2.45) is 5.92 Å². The van der Waals surface area contributed by atoms with Gasteiger partial charge in [0.25, 0.3) is 0 Å². The highest BCUT2D eigenvalue weighted by Gasteiger charge is 1.96. The second-order valence-corrected chi connectivity index (χ2v) is 1.65. The van der Waals surface area contributed by atoms with Gasteiger partial charge in [-0.05, 0) is 12.5 Å². The van der Waals surface area contributed by atoms with Gasteiger partial charge in [0.1, 0.15) is 0 Å². The summed E-state index contributed by atoms with van der Waals surface area (Å²) < 4.78 is 0. The lowest BCUT2D eigenvalue weighted by Crippen LogP contribution is -1.91. The van der Waals surface area contributed by atoms with Crippen LogP contribution in [0.15, 0.2) is 12.2 Å². The third-order valence-electron chi connectivity index (χ3n) is 1.03. The molecule has 1 aliphatic carbocycles. The van der Waals surface area contributed by atoms with Crippen molar-refractivity contribution in [3.63, 3.8) is 0 Å². The third kappa shape index (κ3) is 0.922. The van der Waals surface area contributed by atoms with E-state index in [9.17, 15) is 0 Å². The van der Waals surface area contributed by atoms with Gasteiger partial charge in [0.2, 0.25) is 0 Å². The fraction of sp³-hybridized carbons (Fsp3) is 0.250. The quantitative estimate of drug-likeness (QED) is 0.403. The first-order chi connectivity index (χ1) is 3.93. The summed E-state index contributed by atoms with van der Waals surface area (Å²) in [5.74, 6) is 8.45. The summed E-state index contributed by atoms with van der Waals surface area (Å²) in [6.07, 6.45) is 9.88. The normalized spacial score (nSPS) is 23.1. The molecule has 0 spiro atoms. The molecule has 0 radical (unpaired) electrons. The van der Waals surface area contributed by atoms with Crippen LogP contribution in [0.1, 0.15) is 6.42 Å². The molecule has 0 saturated heterocycles. The van der Waals surface area contributed by atoms with Crippen molar-refractivity contribution in [3.05, 3.63) is 12.2 Å². The van der Waals surface area contributed by atoms with Gasteiger partial charge in [0, 0.05) is 0 Å². The van der Waals surface area contributed by atoms with Crippen LogP contribution in [0.25, 0.3) is 0 Å². The lowest BCUT2D eigenvalue weighted by atomic mass is 10.0. The molecule has 8 heavy (non-hydrogen) atoms. The highest BCUT2D eigenvalue weighted by molar-refractivity contribution is 5.27. The molecule has 0 heterocycles. The summed E-state index contributed by atoms with van der Waals surface area (Å²) in [5, 5.41) is 0. The van der Waals surface area contributed by atoms with Crippen LogP contribution in [-0.2, 0) is 0 Å². The van der Waals surface area contributed by atoms with Crippen molar-refractivity contribution in [1.82, 2.24) is 0 Å². The maximum atomic E-state index is 5.12. The predicted molar refractivity (Wildman–Crippen MR) is 33.9 cm³/mol. The van der Waals surface area contributed by atoms with E-state index in [1.54, 1.807) is 0 Å². The third-order valence-corrected chi connectivity index (χ3v) is 1.03. The number of rotatable bonds is 0. The van der Waals surface area contributed by atoms with E-state index in [0.717, 1.165) is 6.42 Å². The summed E-state index contributed by atoms with van der Waals surface area (Å²) in [7, 11) is 0. The molecule has 0 amide bonds. The van der Waals surface area contributed by atoms with Gasteiger partial charge in [-0.1, -0.05) is 23.8 Å². The highest BCUT2D eigenvalue weighted by atomic mass is 14.0. The number of allylic oxidation sites excluding steroid dienone is 2. The molecule has 0 unspecified atom stereocenters.